The zero-order chi connectivity index (χ0) is 13.0. The highest BCUT2D eigenvalue weighted by molar-refractivity contribution is 6.30. The maximum Gasteiger partial charge on any atom is 0.132 e. The molecule has 3 nitrogen and oxygen atoms in total. The molecular formula is C14H15ClN2O. The summed E-state index contributed by atoms with van der Waals surface area (Å²) < 4.78 is 5.79. The summed E-state index contributed by atoms with van der Waals surface area (Å²) in [6.45, 7) is 0.371. The van der Waals surface area contributed by atoms with E-state index >= 15 is 0 Å². The Kier molecular flexibility index (Phi) is 4.20. The van der Waals surface area contributed by atoms with Gasteiger partial charge in [-0.3, -0.25) is 0 Å². The van der Waals surface area contributed by atoms with E-state index in [-0.39, 0.29) is 6.04 Å². The van der Waals surface area contributed by atoms with Gasteiger partial charge in [-0.2, -0.15) is 0 Å². The third kappa shape index (κ3) is 3.01. The Morgan fingerprint density at radius 3 is 2.61 bits per heavy atom. The topological polar surface area (TPSA) is 61.3 Å². The van der Waals surface area contributed by atoms with Crippen molar-refractivity contribution in [1.82, 2.24) is 0 Å². The molecule has 0 aliphatic rings. The average molecular weight is 263 g/mol. The number of hydrogen-bond donors (Lipinski definition) is 2. The first-order valence-electron chi connectivity index (χ1n) is 5.68. The van der Waals surface area contributed by atoms with Crippen LogP contribution in [0.15, 0.2) is 48.5 Å². The molecule has 2 rings (SSSR count). The van der Waals surface area contributed by atoms with E-state index in [1.807, 2.05) is 36.4 Å². The highest BCUT2D eigenvalue weighted by Crippen LogP contribution is 2.29. The van der Waals surface area contributed by atoms with Gasteiger partial charge in [0.15, 0.2) is 0 Å². The van der Waals surface area contributed by atoms with Crippen molar-refractivity contribution in [2.75, 3.05) is 6.54 Å². The highest BCUT2D eigenvalue weighted by atomic mass is 35.5. The smallest absolute Gasteiger partial charge is 0.132 e. The summed E-state index contributed by atoms with van der Waals surface area (Å²) in [6.07, 6.45) is 0. The van der Waals surface area contributed by atoms with Crippen molar-refractivity contribution in [3.8, 4) is 11.5 Å². The molecule has 0 saturated carbocycles. The van der Waals surface area contributed by atoms with Gasteiger partial charge in [-0.05, 0) is 24.3 Å². The summed E-state index contributed by atoms with van der Waals surface area (Å²) >= 11 is 5.92. The lowest BCUT2D eigenvalue weighted by molar-refractivity contribution is 0.470. The second-order valence-corrected chi connectivity index (χ2v) is 4.38. The SMILES string of the molecule is NCC(N)c1ccccc1Oc1cccc(Cl)c1. The Morgan fingerprint density at radius 1 is 1.11 bits per heavy atom. The third-order valence-corrected chi connectivity index (χ3v) is 2.83. The number of halogens is 1. The van der Waals surface area contributed by atoms with E-state index in [1.54, 1.807) is 12.1 Å². The van der Waals surface area contributed by atoms with Crippen molar-refractivity contribution in [1.29, 1.82) is 0 Å². The number of benzene rings is 2. The number of ether oxygens (including phenoxy) is 1. The number of hydrogen-bond acceptors (Lipinski definition) is 3. The van der Waals surface area contributed by atoms with Crippen LogP contribution in [0.1, 0.15) is 11.6 Å². The summed E-state index contributed by atoms with van der Waals surface area (Å²) in [5.41, 5.74) is 12.4. The van der Waals surface area contributed by atoms with Crippen LogP contribution >= 0.6 is 11.6 Å². The minimum atomic E-state index is -0.236. The Balaban J connectivity index is 2.29. The zero-order valence-corrected chi connectivity index (χ0v) is 10.6. The highest BCUT2D eigenvalue weighted by Gasteiger charge is 2.10. The van der Waals surface area contributed by atoms with Crippen molar-refractivity contribution in [3.63, 3.8) is 0 Å². The van der Waals surface area contributed by atoms with Crippen molar-refractivity contribution < 1.29 is 4.74 Å². The molecule has 0 aliphatic carbocycles. The summed E-state index contributed by atoms with van der Waals surface area (Å²) in [5, 5.41) is 0.633. The normalized spacial score (nSPS) is 12.2. The van der Waals surface area contributed by atoms with Gasteiger partial charge >= 0.3 is 0 Å². The van der Waals surface area contributed by atoms with Crippen molar-refractivity contribution in [3.05, 3.63) is 59.1 Å². The monoisotopic (exact) mass is 262 g/mol. The van der Waals surface area contributed by atoms with Crippen LogP contribution in [0.4, 0.5) is 0 Å². The molecule has 0 aliphatic heterocycles. The molecule has 0 saturated heterocycles. The third-order valence-electron chi connectivity index (χ3n) is 2.60. The Morgan fingerprint density at radius 2 is 1.89 bits per heavy atom. The molecule has 4 N–H and O–H groups in total. The van der Waals surface area contributed by atoms with E-state index in [9.17, 15) is 0 Å². The number of para-hydroxylation sites is 1. The molecule has 4 heteroatoms. The fraction of sp³-hybridized carbons (Fsp3) is 0.143. The van der Waals surface area contributed by atoms with Gasteiger partial charge < -0.3 is 16.2 Å². The molecule has 2 aromatic rings. The van der Waals surface area contributed by atoms with Gasteiger partial charge in [0.25, 0.3) is 0 Å². The van der Waals surface area contributed by atoms with Crippen LogP contribution < -0.4 is 16.2 Å². The van der Waals surface area contributed by atoms with Gasteiger partial charge in [-0.15, -0.1) is 0 Å². The Hall–Kier alpha value is -1.55. The first-order chi connectivity index (χ1) is 8.70. The molecule has 0 amide bonds. The zero-order valence-electron chi connectivity index (χ0n) is 9.84. The minimum Gasteiger partial charge on any atom is -0.457 e. The first kappa shape index (κ1) is 12.9. The van der Waals surface area contributed by atoms with Crippen LogP contribution in [0.5, 0.6) is 11.5 Å². The lowest BCUT2D eigenvalue weighted by atomic mass is 10.1. The molecule has 0 fully saturated rings. The fourth-order valence-corrected chi connectivity index (χ4v) is 1.84. The van der Waals surface area contributed by atoms with Gasteiger partial charge in [-0.25, -0.2) is 0 Å². The minimum absolute atomic E-state index is 0.236. The van der Waals surface area contributed by atoms with Gasteiger partial charge in [-0.1, -0.05) is 35.9 Å². The van der Waals surface area contributed by atoms with E-state index in [4.69, 9.17) is 27.8 Å². The Labute approximate surface area is 111 Å². The van der Waals surface area contributed by atoms with Crippen molar-refractivity contribution in [2.24, 2.45) is 11.5 Å². The van der Waals surface area contributed by atoms with E-state index in [0.717, 1.165) is 5.56 Å². The maximum absolute atomic E-state index is 5.95. The molecule has 0 spiro atoms. The maximum atomic E-state index is 5.95. The molecule has 1 unspecified atom stereocenters. The van der Waals surface area contributed by atoms with Crippen LogP contribution in [0.3, 0.4) is 0 Å². The largest absolute Gasteiger partial charge is 0.457 e. The van der Waals surface area contributed by atoms with E-state index in [2.05, 4.69) is 0 Å². The lowest BCUT2D eigenvalue weighted by Gasteiger charge is -2.15. The standard InChI is InChI=1S/C14H15ClN2O/c15-10-4-3-5-11(8-10)18-14-7-2-1-6-12(14)13(17)9-16/h1-8,13H,9,16-17H2. The molecule has 94 valence electrons. The average Bonchev–Trinajstić information content (AvgIpc) is 2.38. The second-order valence-electron chi connectivity index (χ2n) is 3.94. The van der Waals surface area contributed by atoms with Gasteiger partial charge in [0.2, 0.25) is 0 Å². The van der Waals surface area contributed by atoms with Crippen LogP contribution in [0.25, 0.3) is 0 Å². The van der Waals surface area contributed by atoms with Crippen LogP contribution in [-0.4, -0.2) is 6.54 Å². The second kappa shape index (κ2) is 5.87. The molecule has 0 radical (unpaired) electrons. The lowest BCUT2D eigenvalue weighted by Crippen LogP contribution is -2.21. The quantitative estimate of drug-likeness (QED) is 0.890. The predicted molar refractivity (Wildman–Crippen MR) is 74.0 cm³/mol. The molecule has 0 heterocycles. The van der Waals surface area contributed by atoms with Gasteiger partial charge in [0.05, 0.1) is 0 Å². The van der Waals surface area contributed by atoms with E-state index in [1.165, 1.54) is 0 Å². The van der Waals surface area contributed by atoms with Gasteiger partial charge in [0, 0.05) is 23.2 Å². The van der Waals surface area contributed by atoms with Crippen LogP contribution in [-0.2, 0) is 0 Å². The van der Waals surface area contributed by atoms with Crippen LogP contribution in [0.2, 0.25) is 5.02 Å². The van der Waals surface area contributed by atoms with Gasteiger partial charge in [0.1, 0.15) is 11.5 Å². The van der Waals surface area contributed by atoms with E-state index < -0.39 is 0 Å². The van der Waals surface area contributed by atoms with E-state index in [0.29, 0.717) is 23.1 Å². The summed E-state index contributed by atoms with van der Waals surface area (Å²) in [5.74, 6) is 1.39. The molecular weight excluding hydrogens is 248 g/mol. The van der Waals surface area contributed by atoms with Crippen molar-refractivity contribution in [2.45, 2.75) is 6.04 Å². The summed E-state index contributed by atoms with van der Waals surface area (Å²) in [4.78, 5) is 0. The van der Waals surface area contributed by atoms with Crippen molar-refractivity contribution >= 4 is 11.6 Å². The fourth-order valence-electron chi connectivity index (χ4n) is 1.66. The molecule has 0 bridgehead atoms. The Bertz CT molecular complexity index is 531. The first-order valence-corrected chi connectivity index (χ1v) is 6.06. The molecule has 0 aromatic heterocycles. The summed E-state index contributed by atoms with van der Waals surface area (Å²) in [6, 6.07) is 14.6. The van der Waals surface area contributed by atoms with Crippen LogP contribution in [0, 0.1) is 0 Å². The summed E-state index contributed by atoms with van der Waals surface area (Å²) in [7, 11) is 0. The molecule has 18 heavy (non-hydrogen) atoms. The molecule has 1 atom stereocenters. The number of rotatable bonds is 4. The predicted octanol–water partition coefficient (Wildman–Crippen LogP) is 3.09. The molecule has 2 aromatic carbocycles. The number of nitrogens with two attached hydrogens (primary N) is 2.